The van der Waals surface area contributed by atoms with Crippen molar-refractivity contribution in [3.05, 3.63) is 59.9 Å². The van der Waals surface area contributed by atoms with E-state index >= 15 is 0 Å². The molecule has 1 heterocycles. The lowest BCUT2D eigenvalue weighted by atomic mass is 10.1. The smallest absolute Gasteiger partial charge is 0.259 e. The van der Waals surface area contributed by atoms with Gasteiger partial charge in [0.2, 0.25) is 0 Å². The fraction of sp³-hybridized carbons (Fsp3) is 0.286. The SMILES string of the molecule is COc1ccc(CNC(=O)c2c(OCCCCN)ccc(-n3cnnc3)c2O)cc1F. The molecule has 0 fully saturated rings. The number of nitrogens with one attached hydrogen (secondary N) is 1. The minimum absolute atomic E-state index is 0.0343. The van der Waals surface area contributed by atoms with Gasteiger partial charge >= 0.3 is 0 Å². The first kappa shape index (κ1) is 22.0. The number of ether oxygens (including phenoxy) is 2. The summed E-state index contributed by atoms with van der Waals surface area (Å²) in [7, 11) is 1.38. The molecule has 164 valence electrons. The maximum atomic E-state index is 13.9. The van der Waals surface area contributed by atoms with Crippen LogP contribution in [0.4, 0.5) is 4.39 Å². The van der Waals surface area contributed by atoms with Crippen LogP contribution in [0, 0.1) is 5.82 Å². The average molecular weight is 429 g/mol. The summed E-state index contributed by atoms with van der Waals surface area (Å²) in [6.45, 7) is 0.919. The van der Waals surface area contributed by atoms with Gasteiger partial charge in [-0.05, 0) is 49.2 Å². The molecule has 2 aromatic carbocycles. The Morgan fingerprint density at radius 2 is 1.94 bits per heavy atom. The minimum atomic E-state index is -0.572. The van der Waals surface area contributed by atoms with Crippen LogP contribution in [0.1, 0.15) is 28.8 Å². The van der Waals surface area contributed by atoms with Crippen molar-refractivity contribution in [3.8, 4) is 22.9 Å². The number of hydrogen-bond donors (Lipinski definition) is 3. The number of aromatic nitrogens is 3. The third kappa shape index (κ3) is 5.28. The number of hydrogen-bond acceptors (Lipinski definition) is 7. The third-order valence-corrected chi connectivity index (χ3v) is 4.57. The van der Waals surface area contributed by atoms with E-state index in [-0.39, 0.29) is 29.4 Å². The second-order valence-corrected chi connectivity index (χ2v) is 6.67. The van der Waals surface area contributed by atoms with Crippen LogP contribution in [0.5, 0.6) is 17.2 Å². The Bertz CT molecular complexity index is 1030. The van der Waals surface area contributed by atoms with Crippen LogP contribution < -0.4 is 20.5 Å². The molecule has 3 rings (SSSR count). The molecule has 3 aromatic rings. The molecule has 0 saturated carbocycles. The van der Waals surface area contributed by atoms with Crippen molar-refractivity contribution >= 4 is 5.91 Å². The van der Waals surface area contributed by atoms with Crippen molar-refractivity contribution in [3.63, 3.8) is 0 Å². The number of phenols is 1. The molecule has 1 aromatic heterocycles. The topological polar surface area (TPSA) is 125 Å². The van der Waals surface area contributed by atoms with Gasteiger partial charge in [-0.1, -0.05) is 6.07 Å². The van der Waals surface area contributed by atoms with Crippen LogP contribution >= 0.6 is 0 Å². The molecule has 0 aliphatic heterocycles. The maximum Gasteiger partial charge on any atom is 0.259 e. The van der Waals surface area contributed by atoms with Gasteiger partial charge in [-0.2, -0.15) is 0 Å². The molecule has 10 heteroatoms. The molecule has 9 nitrogen and oxygen atoms in total. The molecule has 0 bridgehead atoms. The number of aromatic hydroxyl groups is 1. The van der Waals surface area contributed by atoms with Gasteiger partial charge in [-0.3, -0.25) is 9.36 Å². The van der Waals surface area contributed by atoms with Crippen molar-refractivity contribution in [1.82, 2.24) is 20.1 Å². The first-order valence-corrected chi connectivity index (χ1v) is 9.69. The Kier molecular flexibility index (Phi) is 7.39. The quantitative estimate of drug-likeness (QED) is 0.422. The zero-order valence-corrected chi connectivity index (χ0v) is 17.0. The normalized spacial score (nSPS) is 10.7. The molecule has 0 atom stereocenters. The molecular weight excluding hydrogens is 405 g/mol. The van der Waals surface area contributed by atoms with E-state index in [4.69, 9.17) is 15.2 Å². The van der Waals surface area contributed by atoms with E-state index in [0.717, 1.165) is 6.42 Å². The summed E-state index contributed by atoms with van der Waals surface area (Å²) in [4.78, 5) is 12.9. The third-order valence-electron chi connectivity index (χ3n) is 4.57. The predicted octanol–water partition coefficient (Wildman–Crippen LogP) is 2.17. The fourth-order valence-electron chi connectivity index (χ4n) is 2.95. The van der Waals surface area contributed by atoms with Crippen molar-refractivity contribution in [2.24, 2.45) is 5.73 Å². The number of benzene rings is 2. The van der Waals surface area contributed by atoms with Crippen molar-refractivity contribution in [2.75, 3.05) is 20.3 Å². The van der Waals surface area contributed by atoms with Gasteiger partial charge in [-0.15, -0.1) is 10.2 Å². The van der Waals surface area contributed by atoms with E-state index in [1.807, 2.05) is 0 Å². The Labute approximate surface area is 178 Å². The van der Waals surface area contributed by atoms with Gasteiger partial charge < -0.3 is 25.6 Å². The fourth-order valence-corrected chi connectivity index (χ4v) is 2.95. The average Bonchev–Trinajstić information content (AvgIpc) is 3.30. The van der Waals surface area contributed by atoms with E-state index in [0.29, 0.717) is 30.8 Å². The van der Waals surface area contributed by atoms with Gasteiger partial charge in [0.1, 0.15) is 24.0 Å². The Morgan fingerprint density at radius 1 is 1.19 bits per heavy atom. The van der Waals surface area contributed by atoms with Gasteiger partial charge in [0, 0.05) is 6.54 Å². The number of carbonyl (C=O) groups excluding carboxylic acids is 1. The summed E-state index contributed by atoms with van der Waals surface area (Å²) < 4.78 is 26.0. The Hall–Kier alpha value is -3.66. The van der Waals surface area contributed by atoms with Crippen molar-refractivity contribution < 1.29 is 23.8 Å². The van der Waals surface area contributed by atoms with Crippen molar-refractivity contribution in [2.45, 2.75) is 19.4 Å². The molecule has 1 amide bonds. The summed E-state index contributed by atoms with van der Waals surface area (Å²) >= 11 is 0. The monoisotopic (exact) mass is 429 g/mol. The second-order valence-electron chi connectivity index (χ2n) is 6.67. The molecule has 31 heavy (non-hydrogen) atoms. The van der Waals surface area contributed by atoms with Gasteiger partial charge in [-0.25, -0.2) is 4.39 Å². The predicted molar refractivity (Wildman–Crippen MR) is 111 cm³/mol. The van der Waals surface area contributed by atoms with Crippen LogP contribution in [0.3, 0.4) is 0 Å². The zero-order valence-electron chi connectivity index (χ0n) is 17.0. The van der Waals surface area contributed by atoms with Gasteiger partial charge in [0.15, 0.2) is 17.3 Å². The number of methoxy groups -OCH3 is 1. The number of nitrogens with two attached hydrogens (primary N) is 1. The lowest BCUT2D eigenvalue weighted by molar-refractivity contribution is 0.0943. The number of halogens is 1. The molecule has 0 unspecified atom stereocenters. The van der Waals surface area contributed by atoms with E-state index in [2.05, 4.69) is 15.5 Å². The summed E-state index contributed by atoms with van der Waals surface area (Å²) in [5.74, 6) is -1.05. The highest BCUT2D eigenvalue weighted by molar-refractivity contribution is 6.00. The number of amides is 1. The molecule has 4 N–H and O–H groups in total. The molecule has 0 aliphatic rings. The minimum Gasteiger partial charge on any atom is -0.505 e. The van der Waals surface area contributed by atoms with Crippen LogP contribution in [-0.2, 0) is 6.54 Å². The van der Waals surface area contributed by atoms with Crippen LogP contribution in [-0.4, -0.2) is 46.0 Å². The van der Waals surface area contributed by atoms with E-state index in [9.17, 15) is 14.3 Å². The summed E-state index contributed by atoms with van der Waals surface area (Å²) in [5.41, 5.74) is 6.32. The standard InChI is InChI=1S/C21H24FN5O4/c1-30-17-6-4-14(10-15(17)22)11-24-21(29)19-18(31-9-3-2-8-23)7-5-16(20(19)28)27-12-25-26-13-27/h4-7,10,12-13,28H,2-3,8-9,11,23H2,1H3,(H,24,29). The Balaban J connectivity index is 1.84. The summed E-state index contributed by atoms with van der Waals surface area (Å²) in [6.07, 6.45) is 4.28. The van der Waals surface area contributed by atoms with Crippen LogP contribution in [0.2, 0.25) is 0 Å². The van der Waals surface area contributed by atoms with Gasteiger partial charge in [0.25, 0.3) is 5.91 Å². The lowest BCUT2D eigenvalue weighted by Crippen LogP contribution is -2.24. The van der Waals surface area contributed by atoms with Crippen LogP contribution in [0.15, 0.2) is 43.0 Å². The molecule has 0 aliphatic carbocycles. The highest BCUT2D eigenvalue weighted by Crippen LogP contribution is 2.34. The molecular formula is C21H24FN5O4. The molecule has 0 spiro atoms. The first-order chi connectivity index (χ1) is 15.0. The summed E-state index contributed by atoms with van der Waals surface area (Å²) in [5, 5.41) is 20.9. The largest absolute Gasteiger partial charge is 0.505 e. The summed E-state index contributed by atoms with van der Waals surface area (Å²) in [6, 6.07) is 7.59. The number of unbranched alkanes of at least 4 members (excludes halogenated alkanes) is 1. The Morgan fingerprint density at radius 3 is 2.61 bits per heavy atom. The number of carbonyl (C=O) groups is 1. The number of nitrogens with zero attached hydrogens (tertiary/aromatic N) is 3. The van der Waals surface area contributed by atoms with Crippen LogP contribution in [0.25, 0.3) is 5.69 Å². The maximum absolute atomic E-state index is 13.9. The van der Waals surface area contributed by atoms with Crippen molar-refractivity contribution in [1.29, 1.82) is 0 Å². The molecule has 0 saturated heterocycles. The highest BCUT2D eigenvalue weighted by Gasteiger charge is 2.22. The second kappa shape index (κ2) is 10.4. The zero-order chi connectivity index (χ0) is 22.2. The number of rotatable bonds is 10. The lowest BCUT2D eigenvalue weighted by Gasteiger charge is -2.16. The number of phenolic OH excluding ortho intramolecular Hbond substituents is 1. The van der Waals surface area contributed by atoms with E-state index < -0.39 is 11.7 Å². The molecule has 0 radical (unpaired) electrons. The van der Waals surface area contributed by atoms with E-state index in [1.165, 1.54) is 36.5 Å². The highest BCUT2D eigenvalue weighted by atomic mass is 19.1. The van der Waals surface area contributed by atoms with E-state index in [1.54, 1.807) is 18.2 Å². The first-order valence-electron chi connectivity index (χ1n) is 9.69. The van der Waals surface area contributed by atoms with Gasteiger partial charge in [0.05, 0.1) is 19.4 Å².